The Bertz CT molecular complexity index is 366. The lowest BCUT2D eigenvalue weighted by molar-refractivity contribution is 0.101. The van der Waals surface area contributed by atoms with Gasteiger partial charge in [0.25, 0.3) is 0 Å². The Kier molecular flexibility index (Phi) is 3.19. The van der Waals surface area contributed by atoms with Crippen LogP contribution in [0.2, 0.25) is 0 Å². The van der Waals surface area contributed by atoms with Crippen LogP contribution in [0.3, 0.4) is 0 Å². The summed E-state index contributed by atoms with van der Waals surface area (Å²) in [6.45, 7) is 0. The third kappa shape index (κ3) is 1.90. The van der Waals surface area contributed by atoms with Crippen molar-refractivity contribution in [1.29, 1.82) is 0 Å². The van der Waals surface area contributed by atoms with E-state index in [1.807, 2.05) is 0 Å². The zero-order valence-corrected chi connectivity index (χ0v) is 8.47. The average Bonchev–Trinajstić information content (AvgIpc) is 2.20. The lowest BCUT2D eigenvalue weighted by Crippen LogP contribution is -2.06. The maximum atomic E-state index is 11.3. The van der Waals surface area contributed by atoms with Crippen molar-refractivity contribution in [1.82, 2.24) is 0 Å². The molecule has 0 aliphatic heterocycles. The second-order valence-corrected chi connectivity index (χ2v) is 3.01. The minimum absolute atomic E-state index is 0.111. The Morgan fingerprint density at radius 3 is 2.50 bits per heavy atom. The van der Waals surface area contributed by atoms with Gasteiger partial charge in [0.1, 0.15) is 5.75 Å². The zero-order valence-electron chi connectivity index (χ0n) is 7.71. The number of hydrogen-bond acceptors (Lipinski definition) is 4. The molecule has 1 rings (SSSR count). The number of ketones is 1. The van der Waals surface area contributed by atoms with E-state index >= 15 is 0 Å². The van der Waals surface area contributed by atoms with Crippen molar-refractivity contribution >= 4 is 28.8 Å². The van der Waals surface area contributed by atoms with Crippen molar-refractivity contribution in [2.75, 3.05) is 24.5 Å². The number of rotatable bonds is 3. The third-order valence-electron chi connectivity index (χ3n) is 1.83. The molecule has 0 saturated carbocycles. The van der Waals surface area contributed by atoms with E-state index in [1.165, 1.54) is 19.2 Å². The van der Waals surface area contributed by atoms with Gasteiger partial charge in [-0.3, -0.25) is 4.79 Å². The Balaban J connectivity index is 3.27. The molecular formula is C9H11ClN2O2. The lowest BCUT2D eigenvalue weighted by Gasteiger charge is -2.09. The van der Waals surface area contributed by atoms with E-state index in [9.17, 15) is 4.79 Å². The van der Waals surface area contributed by atoms with Crippen LogP contribution in [0.5, 0.6) is 5.75 Å². The summed E-state index contributed by atoms with van der Waals surface area (Å²) >= 11 is 5.43. The minimum atomic E-state index is -0.241. The number of alkyl halides is 1. The molecule has 1 aromatic carbocycles. The minimum Gasteiger partial charge on any atom is -0.496 e. The second-order valence-electron chi connectivity index (χ2n) is 2.74. The molecule has 0 bridgehead atoms. The molecule has 0 aliphatic rings. The Hall–Kier alpha value is -1.42. The normalized spacial score (nSPS) is 9.86. The first kappa shape index (κ1) is 10.7. The van der Waals surface area contributed by atoms with Crippen LogP contribution in [0.4, 0.5) is 11.4 Å². The highest BCUT2D eigenvalue weighted by atomic mass is 35.5. The number of carbonyl (C=O) groups excluding carboxylic acids is 1. The van der Waals surface area contributed by atoms with E-state index in [4.69, 9.17) is 27.8 Å². The summed E-state index contributed by atoms with van der Waals surface area (Å²) in [5, 5.41) is 0. The Morgan fingerprint density at radius 1 is 1.43 bits per heavy atom. The van der Waals surface area contributed by atoms with Gasteiger partial charge in [-0.15, -0.1) is 11.6 Å². The molecule has 0 unspecified atom stereocenters. The number of ether oxygens (including phenoxy) is 1. The monoisotopic (exact) mass is 214 g/mol. The number of benzene rings is 1. The van der Waals surface area contributed by atoms with Gasteiger partial charge in [-0.2, -0.15) is 0 Å². The highest BCUT2D eigenvalue weighted by Crippen LogP contribution is 2.27. The van der Waals surface area contributed by atoms with E-state index in [2.05, 4.69) is 0 Å². The van der Waals surface area contributed by atoms with Gasteiger partial charge in [0.2, 0.25) is 0 Å². The molecule has 4 nitrogen and oxygen atoms in total. The topological polar surface area (TPSA) is 78.3 Å². The van der Waals surface area contributed by atoms with Crippen molar-refractivity contribution in [3.05, 3.63) is 17.7 Å². The largest absolute Gasteiger partial charge is 0.496 e. The van der Waals surface area contributed by atoms with Gasteiger partial charge in [-0.1, -0.05) is 0 Å². The number of nitrogen functional groups attached to an aromatic ring is 2. The third-order valence-corrected chi connectivity index (χ3v) is 2.07. The molecule has 0 spiro atoms. The van der Waals surface area contributed by atoms with Crippen LogP contribution >= 0.6 is 11.6 Å². The zero-order chi connectivity index (χ0) is 10.7. The SMILES string of the molecule is COc1cc(N)c(N)cc1C(=O)CCl. The standard InChI is InChI=1S/C9H11ClN2O2/c1-14-9-3-7(12)6(11)2-5(9)8(13)4-10/h2-3H,4,11-12H2,1H3. The predicted molar refractivity (Wildman–Crippen MR) is 56.9 cm³/mol. The highest BCUT2D eigenvalue weighted by Gasteiger charge is 2.13. The lowest BCUT2D eigenvalue weighted by atomic mass is 10.1. The highest BCUT2D eigenvalue weighted by molar-refractivity contribution is 6.31. The number of hydrogen-bond donors (Lipinski definition) is 2. The van der Waals surface area contributed by atoms with E-state index < -0.39 is 0 Å². The fourth-order valence-electron chi connectivity index (χ4n) is 1.07. The summed E-state index contributed by atoms with van der Waals surface area (Å²) in [5.74, 6) is 0.0391. The molecule has 76 valence electrons. The fourth-order valence-corrected chi connectivity index (χ4v) is 1.22. The number of halogens is 1. The summed E-state index contributed by atoms with van der Waals surface area (Å²) in [4.78, 5) is 11.3. The molecule has 5 heteroatoms. The van der Waals surface area contributed by atoms with Crippen LogP contribution in [-0.4, -0.2) is 18.8 Å². The summed E-state index contributed by atoms with van der Waals surface area (Å²) in [6.07, 6.45) is 0. The molecule has 0 aliphatic carbocycles. The number of nitrogens with two attached hydrogens (primary N) is 2. The summed E-state index contributed by atoms with van der Waals surface area (Å²) in [6, 6.07) is 2.98. The molecule has 0 atom stereocenters. The number of anilines is 2. The molecule has 0 radical (unpaired) electrons. The number of methoxy groups -OCH3 is 1. The molecule has 0 amide bonds. The van der Waals surface area contributed by atoms with E-state index in [1.54, 1.807) is 0 Å². The van der Waals surface area contributed by atoms with Crippen molar-refractivity contribution in [3.8, 4) is 5.75 Å². The van der Waals surface area contributed by atoms with Crippen LogP contribution in [0.15, 0.2) is 12.1 Å². The first-order chi connectivity index (χ1) is 6.60. The van der Waals surface area contributed by atoms with Gasteiger partial charge in [-0.25, -0.2) is 0 Å². The maximum Gasteiger partial charge on any atom is 0.181 e. The first-order valence-corrected chi connectivity index (χ1v) is 4.45. The molecule has 0 fully saturated rings. The fraction of sp³-hybridized carbons (Fsp3) is 0.222. The van der Waals surface area contributed by atoms with Gasteiger partial charge in [0.15, 0.2) is 5.78 Å². The van der Waals surface area contributed by atoms with E-state index in [-0.39, 0.29) is 11.7 Å². The van der Waals surface area contributed by atoms with Gasteiger partial charge >= 0.3 is 0 Å². The van der Waals surface area contributed by atoms with Crippen molar-refractivity contribution in [2.24, 2.45) is 0 Å². The molecule has 0 heterocycles. The number of Topliss-reactive ketones (excluding diaryl/α,β-unsaturated/α-hetero) is 1. The smallest absolute Gasteiger partial charge is 0.181 e. The summed E-state index contributed by atoms with van der Waals surface area (Å²) in [5.41, 5.74) is 12.2. The van der Waals surface area contributed by atoms with E-state index in [0.717, 1.165) is 0 Å². The van der Waals surface area contributed by atoms with E-state index in [0.29, 0.717) is 22.7 Å². The van der Waals surface area contributed by atoms with Crippen LogP contribution in [0.25, 0.3) is 0 Å². The predicted octanol–water partition coefficient (Wildman–Crippen LogP) is 1.28. The van der Waals surface area contributed by atoms with Crippen LogP contribution < -0.4 is 16.2 Å². The van der Waals surface area contributed by atoms with Crippen LogP contribution in [0, 0.1) is 0 Å². The van der Waals surface area contributed by atoms with Crippen molar-refractivity contribution in [2.45, 2.75) is 0 Å². The Morgan fingerprint density at radius 2 is 2.00 bits per heavy atom. The maximum absolute atomic E-state index is 11.3. The van der Waals surface area contributed by atoms with Crippen LogP contribution in [-0.2, 0) is 0 Å². The van der Waals surface area contributed by atoms with Crippen molar-refractivity contribution in [3.63, 3.8) is 0 Å². The average molecular weight is 215 g/mol. The van der Waals surface area contributed by atoms with Crippen LogP contribution in [0.1, 0.15) is 10.4 Å². The van der Waals surface area contributed by atoms with Gasteiger partial charge < -0.3 is 16.2 Å². The van der Waals surface area contributed by atoms with Crippen molar-refractivity contribution < 1.29 is 9.53 Å². The molecule has 1 aromatic rings. The Labute approximate surface area is 86.8 Å². The van der Waals surface area contributed by atoms with Gasteiger partial charge in [-0.05, 0) is 6.07 Å². The molecule has 14 heavy (non-hydrogen) atoms. The quantitative estimate of drug-likeness (QED) is 0.451. The molecule has 4 N–H and O–H groups in total. The molecule has 0 aromatic heterocycles. The summed E-state index contributed by atoms with van der Waals surface area (Å²) in [7, 11) is 1.45. The number of carbonyl (C=O) groups is 1. The summed E-state index contributed by atoms with van der Waals surface area (Å²) < 4.78 is 4.99. The molecule has 0 saturated heterocycles. The first-order valence-electron chi connectivity index (χ1n) is 3.92. The second kappa shape index (κ2) is 4.19. The van der Waals surface area contributed by atoms with Gasteiger partial charge in [0.05, 0.1) is 29.9 Å². The molecular weight excluding hydrogens is 204 g/mol. The van der Waals surface area contributed by atoms with Gasteiger partial charge in [0, 0.05) is 6.07 Å².